The molecule has 0 aromatic heterocycles. The summed E-state index contributed by atoms with van der Waals surface area (Å²) in [5.41, 5.74) is 6.64. The molecule has 3 N–H and O–H groups in total. The van der Waals surface area contributed by atoms with Crippen molar-refractivity contribution in [2.75, 3.05) is 0 Å². The molecule has 6 heteroatoms. The monoisotopic (exact) mass is 362 g/mol. The minimum atomic E-state index is -3.29. The van der Waals surface area contributed by atoms with Gasteiger partial charge in [0.25, 0.3) is 0 Å². The molecule has 5 nitrogen and oxygen atoms in total. The van der Waals surface area contributed by atoms with Crippen molar-refractivity contribution in [2.45, 2.75) is 67.2 Å². The average molecular weight is 362 g/mol. The highest BCUT2D eigenvalue weighted by Crippen LogP contribution is 2.59. The summed E-state index contributed by atoms with van der Waals surface area (Å²) in [6, 6.07) is 8.01. The quantitative estimate of drug-likeness (QED) is 0.838. The molecule has 1 unspecified atom stereocenters. The topological polar surface area (TPSA) is 89.3 Å². The Hall–Kier alpha value is -1.40. The van der Waals surface area contributed by atoms with Crippen LogP contribution in [0.3, 0.4) is 0 Å². The smallest absolute Gasteiger partial charge is 0.237 e. The van der Waals surface area contributed by atoms with Crippen molar-refractivity contribution >= 4 is 15.7 Å². The summed E-state index contributed by atoms with van der Waals surface area (Å²) >= 11 is 0. The highest BCUT2D eigenvalue weighted by molar-refractivity contribution is 7.92. The van der Waals surface area contributed by atoms with Crippen molar-refractivity contribution in [2.24, 2.45) is 17.1 Å². The van der Waals surface area contributed by atoms with E-state index >= 15 is 0 Å². The van der Waals surface area contributed by atoms with Gasteiger partial charge < -0.3 is 11.1 Å². The summed E-state index contributed by atoms with van der Waals surface area (Å²) in [7, 11) is -3.29. The van der Waals surface area contributed by atoms with E-state index < -0.39 is 21.1 Å². The predicted molar refractivity (Wildman–Crippen MR) is 95.6 cm³/mol. The average Bonchev–Trinajstić information content (AvgIpc) is 2.48. The Morgan fingerprint density at radius 2 is 1.80 bits per heavy atom. The van der Waals surface area contributed by atoms with Gasteiger partial charge in [-0.1, -0.05) is 24.6 Å². The third-order valence-corrected chi connectivity index (χ3v) is 8.76. The molecular weight excluding hydrogens is 336 g/mol. The number of hydrogen-bond acceptors (Lipinski definition) is 4. The van der Waals surface area contributed by atoms with Gasteiger partial charge in [0.2, 0.25) is 5.91 Å². The van der Waals surface area contributed by atoms with Crippen LogP contribution in [0, 0.1) is 11.3 Å². The van der Waals surface area contributed by atoms with E-state index in [1.807, 2.05) is 0 Å². The highest BCUT2D eigenvalue weighted by Gasteiger charge is 2.51. The van der Waals surface area contributed by atoms with Gasteiger partial charge >= 0.3 is 0 Å². The fourth-order valence-electron chi connectivity index (χ4n) is 4.64. The summed E-state index contributed by atoms with van der Waals surface area (Å²) in [5.74, 6) is 0.184. The van der Waals surface area contributed by atoms with Gasteiger partial charge in [0, 0.05) is 6.04 Å². The zero-order valence-corrected chi connectivity index (χ0v) is 15.2. The molecule has 3 aliphatic carbocycles. The van der Waals surface area contributed by atoms with E-state index in [-0.39, 0.29) is 11.9 Å². The Balaban J connectivity index is 1.26. The predicted octanol–water partition coefficient (Wildman–Crippen LogP) is 2.02. The molecule has 0 bridgehead atoms. The van der Waals surface area contributed by atoms with Crippen LogP contribution in [0.4, 0.5) is 0 Å². The number of amides is 1. The Morgan fingerprint density at radius 3 is 2.36 bits per heavy atom. The summed E-state index contributed by atoms with van der Waals surface area (Å²) in [6.07, 6.45) is 7.01. The van der Waals surface area contributed by atoms with E-state index in [4.69, 9.17) is 5.73 Å². The molecule has 1 atom stereocenters. The standard InChI is InChI=1S/C19H26N2O3S/c20-17(13-11-19(12-13)7-4-8-19)18(22)21-14-9-16(10-14)25(23,24)15-5-2-1-3-6-15/h1-3,5-6,13-14,16-17H,4,7-12,20H2,(H,21,22). The molecule has 1 spiro atoms. The van der Waals surface area contributed by atoms with E-state index in [0.717, 1.165) is 12.8 Å². The van der Waals surface area contributed by atoms with Crippen LogP contribution in [-0.2, 0) is 14.6 Å². The van der Waals surface area contributed by atoms with Crippen LogP contribution in [-0.4, -0.2) is 31.7 Å². The maximum absolute atomic E-state index is 12.5. The normalized spacial score (nSPS) is 29.2. The van der Waals surface area contributed by atoms with E-state index in [9.17, 15) is 13.2 Å². The van der Waals surface area contributed by atoms with Crippen LogP contribution in [0.1, 0.15) is 44.9 Å². The third kappa shape index (κ3) is 2.99. The zero-order valence-electron chi connectivity index (χ0n) is 14.4. The molecule has 136 valence electrons. The van der Waals surface area contributed by atoms with Crippen LogP contribution >= 0.6 is 0 Å². The lowest BCUT2D eigenvalue weighted by molar-refractivity contribution is -0.129. The maximum atomic E-state index is 12.5. The van der Waals surface area contributed by atoms with Gasteiger partial charge in [-0.2, -0.15) is 0 Å². The molecule has 1 aromatic carbocycles. The molecular formula is C19H26N2O3S. The second kappa shape index (κ2) is 6.09. The number of benzene rings is 1. The summed E-state index contributed by atoms with van der Waals surface area (Å²) in [4.78, 5) is 12.7. The van der Waals surface area contributed by atoms with Gasteiger partial charge in [-0.15, -0.1) is 0 Å². The van der Waals surface area contributed by atoms with Gasteiger partial charge in [-0.05, 0) is 62.0 Å². The molecule has 0 heterocycles. The fourth-order valence-corrected chi connectivity index (χ4v) is 6.54. The van der Waals surface area contributed by atoms with Crippen LogP contribution < -0.4 is 11.1 Å². The van der Waals surface area contributed by atoms with Gasteiger partial charge in [-0.3, -0.25) is 4.79 Å². The molecule has 1 amide bonds. The Labute approximate surface area is 149 Å². The van der Waals surface area contributed by atoms with E-state index in [1.165, 1.54) is 19.3 Å². The van der Waals surface area contributed by atoms with Crippen LogP contribution in [0.5, 0.6) is 0 Å². The lowest BCUT2D eigenvalue weighted by Crippen LogP contribution is -2.58. The Bertz CT molecular complexity index is 744. The fraction of sp³-hybridized carbons (Fsp3) is 0.632. The van der Waals surface area contributed by atoms with Gasteiger partial charge in [0.15, 0.2) is 9.84 Å². The first-order valence-electron chi connectivity index (χ1n) is 9.25. The van der Waals surface area contributed by atoms with Crippen LogP contribution in [0.2, 0.25) is 0 Å². The molecule has 4 rings (SSSR count). The molecule has 0 saturated heterocycles. The lowest BCUT2D eigenvalue weighted by atomic mass is 9.50. The number of carbonyl (C=O) groups excluding carboxylic acids is 1. The molecule has 0 radical (unpaired) electrons. The Morgan fingerprint density at radius 1 is 1.16 bits per heavy atom. The Kier molecular flexibility index (Phi) is 4.15. The minimum Gasteiger partial charge on any atom is -0.352 e. The van der Waals surface area contributed by atoms with Crippen LogP contribution in [0.25, 0.3) is 0 Å². The lowest BCUT2D eigenvalue weighted by Gasteiger charge is -2.55. The van der Waals surface area contributed by atoms with Gasteiger partial charge in [0.05, 0.1) is 16.2 Å². The van der Waals surface area contributed by atoms with Crippen molar-refractivity contribution in [1.29, 1.82) is 0 Å². The number of nitrogens with two attached hydrogens (primary N) is 1. The van der Waals surface area contributed by atoms with Crippen LogP contribution in [0.15, 0.2) is 35.2 Å². The first-order chi connectivity index (χ1) is 11.9. The maximum Gasteiger partial charge on any atom is 0.237 e. The third-order valence-electron chi connectivity index (χ3n) is 6.57. The molecule has 3 fully saturated rings. The summed E-state index contributed by atoms with van der Waals surface area (Å²) in [6.45, 7) is 0. The number of hydrogen-bond donors (Lipinski definition) is 2. The number of carbonyl (C=O) groups is 1. The van der Waals surface area contributed by atoms with Crippen molar-refractivity contribution < 1.29 is 13.2 Å². The van der Waals surface area contributed by atoms with Crippen molar-refractivity contribution in [1.82, 2.24) is 5.32 Å². The number of nitrogens with one attached hydrogen (secondary N) is 1. The van der Waals surface area contributed by atoms with E-state index in [0.29, 0.717) is 29.1 Å². The van der Waals surface area contributed by atoms with E-state index in [2.05, 4.69) is 5.32 Å². The largest absolute Gasteiger partial charge is 0.352 e. The molecule has 3 saturated carbocycles. The first kappa shape index (κ1) is 17.0. The number of sulfone groups is 1. The van der Waals surface area contributed by atoms with Crippen molar-refractivity contribution in [3.05, 3.63) is 30.3 Å². The summed E-state index contributed by atoms with van der Waals surface area (Å²) < 4.78 is 25.0. The molecule has 1 aromatic rings. The van der Waals surface area contributed by atoms with Gasteiger partial charge in [-0.25, -0.2) is 8.42 Å². The SMILES string of the molecule is NC(C(=O)NC1CC(S(=O)(=O)c2ccccc2)C1)C1CC2(CCC2)C1. The second-order valence-electron chi connectivity index (χ2n) is 8.20. The van der Waals surface area contributed by atoms with Crippen molar-refractivity contribution in [3.63, 3.8) is 0 Å². The molecule has 0 aliphatic heterocycles. The second-order valence-corrected chi connectivity index (χ2v) is 10.4. The highest BCUT2D eigenvalue weighted by atomic mass is 32.2. The van der Waals surface area contributed by atoms with E-state index in [1.54, 1.807) is 30.3 Å². The first-order valence-corrected chi connectivity index (χ1v) is 10.8. The molecule has 25 heavy (non-hydrogen) atoms. The van der Waals surface area contributed by atoms with Gasteiger partial charge in [0.1, 0.15) is 0 Å². The van der Waals surface area contributed by atoms with Crippen molar-refractivity contribution in [3.8, 4) is 0 Å². The number of rotatable bonds is 5. The minimum absolute atomic E-state index is 0.0697. The molecule has 3 aliphatic rings. The zero-order chi connectivity index (χ0) is 17.7. The summed E-state index contributed by atoms with van der Waals surface area (Å²) in [5, 5.41) is 2.55.